The Morgan fingerprint density at radius 2 is 1.61 bits per heavy atom. The van der Waals surface area contributed by atoms with E-state index >= 15 is 0 Å². The van der Waals surface area contributed by atoms with Crippen LogP contribution in [0.4, 0.5) is 5.69 Å². The number of fused-ring (bicyclic) bond motifs is 1. The van der Waals surface area contributed by atoms with Gasteiger partial charge in [0.2, 0.25) is 0 Å². The normalized spacial score (nSPS) is 21.0. The maximum absolute atomic E-state index is 6.92. The Bertz CT molecular complexity index is 1140. The fourth-order valence-corrected chi connectivity index (χ4v) is 6.63. The van der Waals surface area contributed by atoms with Gasteiger partial charge in [0, 0.05) is 67.6 Å². The van der Waals surface area contributed by atoms with E-state index in [9.17, 15) is 0 Å². The minimum Gasteiger partial charge on any atom is -0.379 e. The summed E-state index contributed by atoms with van der Waals surface area (Å²) in [6, 6.07) is 17.9. The summed E-state index contributed by atoms with van der Waals surface area (Å²) >= 11 is 1.88. The third-order valence-corrected chi connectivity index (χ3v) is 8.97. The number of anilines is 1. The fraction of sp³-hybridized carbons (Fsp3) is 0.600. The summed E-state index contributed by atoms with van der Waals surface area (Å²) in [6.45, 7) is 9.35. The molecule has 1 aliphatic rings. The molecule has 0 radical (unpaired) electrons. The first-order valence-electron chi connectivity index (χ1n) is 15.8. The molecule has 41 heavy (non-hydrogen) atoms. The van der Waals surface area contributed by atoms with Crippen molar-refractivity contribution in [1.29, 1.82) is 0 Å². The molecule has 3 aromatic rings. The average molecular weight is 582 g/mol. The van der Waals surface area contributed by atoms with Gasteiger partial charge in [-0.3, -0.25) is 0 Å². The third-order valence-electron chi connectivity index (χ3n) is 7.86. The first-order chi connectivity index (χ1) is 20.0. The Morgan fingerprint density at radius 3 is 2.34 bits per heavy atom. The second-order valence-electron chi connectivity index (χ2n) is 11.5. The number of ether oxygens (including phenoxy) is 4. The van der Waals surface area contributed by atoms with Crippen LogP contribution in [-0.2, 0) is 25.4 Å². The molecule has 3 unspecified atom stereocenters. The summed E-state index contributed by atoms with van der Waals surface area (Å²) in [5.74, 6) is 0. The van der Waals surface area contributed by atoms with Crippen molar-refractivity contribution < 1.29 is 18.9 Å². The summed E-state index contributed by atoms with van der Waals surface area (Å²) in [5.41, 5.74) is 3.72. The van der Waals surface area contributed by atoms with Gasteiger partial charge in [-0.05, 0) is 48.4 Å². The molecular formula is C35H51NO4S. The van der Waals surface area contributed by atoms with Crippen LogP contribution < -0.4 is 4.90 Å². The minimum atomic E-state index is -0.171. The van der Waals surface area contributed by atoms with E-state index < -0.39 is 0 Å². The average Bonchev–Trinajstić information content (AvgIpc) is 3.38. The minimum absolute atomic E-state index is 0.0294. The van der Waals surface area contributed by atoms with Crippen LogP contribution in [0.3, 0.4) is 0 Å². The SMILES string of the molecule is CCCCOCC1OC(c2cc(Cc3cc4ccccc4s3)ccc2N(C)C)CC(OCCCC)[C@@H]1OCCCC. The zero-order chi connectivity index (χ0) is 29.0. The highest BCUT2D eigenvalue weighted by Gasteiger charge is 2.41. The summed E-state index contributed by atoms with van der Waals surface area (Å²) in [5, 5.41) is 1.32. The number of nitrogens with zero attached hydrogens (tertiary/aromatic N) is 1. The zero-order valence-electron chi connectivity index (χ0n) is 25.9. The van der Waals surface area contributed by atoms with E-state index in [1.54, 1.807) is 0 Å². The summed E-state index contributed by atoms with van der Waals surface area (Å²) in [7, 11) is 4.23. The topological polar surface area (TPSA) is 40.2 Å². The van der Waals surface area contributed by atoms with E-state index in [-0.39, 0.29) is 24.4 Å². The summed E-state index contributed by atoms with van der Waals surface area (Å²) in [4.78, 5) is 3.58. The molecule has 0 amide bonds. The lowest BCUT2D eigenvalue weighted by molar-refractivity contribution is -0.216. The van der Waals surface area contributed by atoms with Gasteiger partial charge in [0.1, 0.15) is 12.2 Å². The fourth-order valence-electron chi connectivity index (χ4n) is 5.53. The molecule has 2 heterocycles. The second kappa shape index (κ2) is 16.6. The van der Waals surface area contributed by atoms with Crippen LogP contribution in [0.2, 0.25) is 0 Å². The van der Waals surface area contributed by atoms with E-state index in [4.69, 9.17) is 18.9 Å². The summed E-state index contributed by atoms with van der Waals surface area (Å²) in [6.07, 6.45) is 7.75. The van der Waals surface area contributed by atoms with Gasteiger partial charge in [-0.15, -0.1) is 11.3 Å². The summed E-state index contributed by atoms with van der Waals surface area (Å²) < 4.78 is 27.5. The molecule has 0 bridgehead atoms. The van der Waals surface area contributed by atoms with Crippen molar-refractivity contribution >= 4 is 27.1 Å². The van der Waals surface area contributed by atoms with Crippen LogP contribution in [-0.4, -0.2) is 58.8 Å². The van der Waals surface area contributed by atoms with Crippen molar-refractivity contribution in [2.24, 2.45) is 0 Å². The van der Waals surface area contributed by atoms with E-state index in [1.807, 2.05) is 11.3 Å². The molecule has 226 valence electrons. The van der Waals surface area contributed by atoms with Gasteiger partial charge in [0.05, 0.1) is 18.8 Å². The highest BCUT2D eigenvalue weighted by atomic mass is 32.1. The van der Waals surface area contributed by atoms with E-state index in [0.29, 0.717) is 6.61 Å². The van der Waals surface area contributed by atoms with Gasteiger partial charge in [-0.1, -0.05) is 70.4 Å². The van der Waals surface area contributed by atoms with E-state index in [2.05, 4.69) is 88.3 Å². The Hall–Kier alpha value is -1.96. The lowest BCUT2D eigenvalue weighted by atomic mass is 9.91. The third kappa shape index (κ3) is 9.01. The molecule has 1 aromatic heterocycles. The molecule has 0 saturated carbocycles. The van der Waals surface area contributed by atoms with Gasteiger partial charge in [0.25, 0.3) is 0 Å². The number of rotatable bonds is 17. The van der Waals surface area contributed by atoms with Crippen molar-refractivity contribution in [1.82, 2.24) is 0 Å². The molecule has 0 N–H and O–H groups in total. The van der Waals surface area contributed by atoms with Crippen LogP contribution >= 0.6 is 11.3 Å². The van der Waals surface area contributed by atoms with Crippen molar-refractivity contribution in [2.75, 3.05) is 45.4 Å². The van der Waals surface area contributed by atoms with Gasteiger partial charge in [-0.2, -0.15) is 0 Å². The number of hydrogen-bond acceptors (Lipinski definition) is 6. The zero-order valence-corrected chi connectivity index (χ0v) is 26.7. The Balaban J connectivity index is 1.61. The smallest absolute Gasteiger partial charge is 0.112 e. The molecule has 4 rings (SSSR count). The van der Waals surface area contributed by atoms with Crippen LogP contribution in [0.5, 0.6) is 0 Å². The van der Waals surface area contributed by atoms with Crippen molar-refractivity contribution in [3.8, 4) is 0 Å². The predicted molar refractivity (Wildman–Crippen MR) is 173 cm³/mol. The largest absolute Gasteiger partial charge is 0.379 e. The van der Waals surface area contributed by atoms with Crippen LogP contribution in [0, 0.1) is 0 Å². The molecule has 6 heteroatoms. The number of benzene rings is 2. The number of unbranched alkanes of at least 4 members (excludes halogenated alkanes) is 3. The standard InChI is InChI=1S/C35H51NO4S/c1-6-9-18-37-25-33-35(39-20-11-8-3)32(38-19-10-7-2)24-31(40-33)29-22-26(16-17-30(29)36(4)5)21-28-23-27-14-12-13-15-34(27)41-28/h12-17,22-23,31-33,35H,6-11,18-21,24-25H2,1-5H3/t31?,32?,33?,35-/m0/s1. The lowest BCUT2D eigenvalue weighted by Gasteiger charge is -2.42. The van der Waals surface area contributed by atoms with Crippen molar-refractivity contribution in [2.45, 2.75) is 96.6 Å². The molecule has 1 aliphatic heterocycles. The molecular weight excluding hydrogens is 530 g/mol. The molecule has 0 spiro atoms. The molecule has 4 atom stereocenters. The first kappa shape index (κ1) is 32.0. The van der Waals surface area contributed by atoms with Gasteiger partial charge >= 0.3 is 0 Å². The lowest BCUT2D eigenvalue weighted by Crippen LogP contribution is -2.50. The number of hydrogen-bond donors (Lipinski definition) is 0. The monoisotopic (exact) mass is 581 g/mol. The van der Waals surface area contributed by atoms with Crippen LogP contribution in [0.15, 0.2) is 48.5 Å². The first-order valence-corrected chi connectivity index (χ1v) is 16.6. The molecule has 1 saturated heterocycles. The van der Waals surface area contributed by atoms with Gasteiger partial charge < -0.3 is 23.8 Å². The molecule has 2 aromatic carbocycles. The van der Waals surface area contributed by atoms with Crippen molar-refractivity contribution in [3.63, 3.8) is 0 Å². The highest BCUT2D eigenvalue weighted by Crippen LogP contribution is 2.40. The van der Waals surface area contributed by atoms with Crippen LogP contribution in [0.25, 0.3) is 10.1 Å². The highest BCUT2D eigenvalue weighted by molar-refractivity contribution is 7.19. The van der Waals surface area contributed by atoms with Crippen molar-refractivity contribution in [3.05, 3.63) is 64.5 Å². The predicted octanol–water partition coefficient (Wildman–Crippen LogP) is 8.58. The van der Waals surface area contributed by atoms with Gasteiger partial charge in [0.15, 0.2) is 0 Å². The molecule has 1 fully saturated rings. The van der Waals surface area contributed by atoms with Gasteiger partial charge in [-0.25, -0.2) is 0 Å². The quantitative estimate of drug-likeness (QED) is 0.149. The Kier molecular flexibility index (Phi) is 13.0. The van der Waals surface area contributed by atoms with Crippen LogP contribution in [0.1, 0.15) is 87.8 Å². The maximum atomic E-state index is 6.92. The van der Waals surface area contributed by atoms with E-state index in [0.717, 1.165) is 71.2 Å². The number of thiophene rings is 1. The Morgan fingerprint density at radius 1 is 0.878 bits per heavy atom. The maximum Gasteiger partial charge on any atom is 0.112 e. The Labute approximate surface area is 252 Å². The molecule has 5 nitrogen and oxygen atoms in total. The van der Waals surface area contributed by atoms with E-state index in [1.165, 1.54) is 31.8 Å². The second-order valence-corrected chi connectivity index (χ2v) is 12.7. The molecule has 0 aliphatic carbocycles.